The van der Waals surface area contributed by atoms with Gasteiger partial charge < -0.3 is 15.2 Å². The maximum atomic E-state index is 5.79. The largest absolute Gasteiger partial charge is 0.362 e. The summed E-state index contributed by atoms with van der Waals surface area (Å²) in [5.74, 6) is 0.504. The van der Waals surface area contributed by atoms with E-state index < -0.39 is 0 Å². The summed E-state index contributed by atoms with van der Waals surface area (Å²) in [6.45, 7) is 8.64. The van der Waals surface area contributed by atoms with Gasteiger partial charge in [-0.2, -0.15) is 0 Å². The van der Waals surface area contributed by atoms with E-state index in [2.05, 4.69) is 84.3 Å². The summed E-state index contributed by atoms with van der Waals surface area (Å²) in [6.07, 6.45) is 1.84. The molecule has 3 heterocycles. The number of nitrogens with zero attached hydrogens (tertiary/aromatic N) is 2. The molecule has 5 heteroatoms. The minimum absolute atomic E-state index is 0.00706. The number of aromatic nitrogens is 2. The number of benzene rings is 1. The molecule has 4 nitrogen and oxygen atoms in total. The first-order valence-electron chi connectivity index (χ1n) is 9.72. The van der Waals surface area contributed by atoms with Crippen molar-refractivity contribution in [2.24, 2.45) is 0 Å². The highest BCUT2D eigenvalue weighted by atomic mass is 32.1. The Morgan fingerprint density at radius 2 is 1.82 bits per heavy atom. The van der Waals surface area contributed by atoms with E-state index in [-0.39, 0.29) is 12.1 Å². The van der Waals surface area contributed by atoms with E-state index in [1.165, 1.54) is 16.8 Å². The number of pyridine rings is 1. The van der Waals surface area contributed by atoms with Gasteiger partial charge in [0.1, 0.15) is 0 Å². The molecular weight excluding hydrogens is 364 g/mol. The highest BCUT2D eigenvalue weighted by molar-refractivity contribution is 7.80. The molecule has 0 spiro atoms. The number of aryl methyl sites for hydroxylation is 2. The first-order chi connectivity index (χ1) is 13.5. The molecule has 2 N–H and O–H groups in total. The van der Waals surface area contributed by atoms with Gasteiger partial charge in [0.2, 0.25) is 0 Å². The fraction of sp³-hybridized carbons (Fsp3) is 0.304. The molecule has 0 bridgehead atoms. The van der Waals surface area contributed by atoms with Crippen LogP contribution in [0.4, 0.5) is 5.69 Å². The minimum Gasteiger partial charge on any atom is -0.362 e. The molecule has 2 aromatic heterocycles. The lowest BCUT2D eigenvalue weighted by Gasteiger charge is -2.28. The monoisotopic (exact) mass is 390 g/mol. The van der Waals surface area contributed by atoms with Crippen molar-refractivity contribution in [1.29, 1.82) is 0 Å². The summed E-state index contributed by atoms with van der Waals surface area (Å²) in [7, 11) is 0. The van der Waals surface area contributed by atoms with Gasteiger partial charge in [-0.25, -0.2) is 0 Å². The summed E-state index contributed by atoms with van der Waals surface area (Å²) < 4.78 is 0. The van der Waals surface area contributed by atoms with E-state index in [0.29, 0.717) is 5.92 Å². The SMILES string of the molecule is Cc1cc(C2C(c3ccccn3)NC(=S)N2c2ccc(C(C)C)cc2)c(C)[nH]1. The first-order valence-corrected chi connectivity index (χ1v) is 10.1. The average molecular weight is 391 g/mol. The molecule has 2 unspecified atom stereocenters. The smallest absolute Gasteiger partial charge is 0.174 e. The van der Waals surface area contributed by atoms with E-state index in [1.807, 2.05) is 18.3 Å². The first kappa shape index (κ1) is 18.7. The maximum absolute atomic E-state index is 5.79. The quantitative estimate of drug-likeness (QED) is 0.591. The molecule has 0 aliphatic carbocycles. The van der Waals surface area contributed by atoms with Crippen molar-refractivity contribution in [3.8, 4) is 0 Å². The van der Waals surface area contributed by atoms with E-state index in [9.17, 15) is 0 Å². The van der Waals surface area contributed by atoms with Gasteiger partial charge in [-0.3, -0.25) is 4.98 Å². The number of hydrogen-bond acceptors (Lipinski definition) is 2. The molecule has 2 atom stereocenters. The fourth-order valence-corrected chi connectivity index (χ4v) is 4.37. The molecule has 4 rings (SSSR count). The third-order valence-corrected chi connectivity index (χ3v) is 5.76. The summed E-state index contributed by atoms with van der Waals surface area (Å²) in [5, 5.41) is 4.25. The van der Waals surface area contributed by atoms with Gasteiger partial charge in [0, 0.05) is 23.3 Å². The normalized spacial score (nSPS) is 19.3. The molecule has 1 saturated heterocycles. The molecule has 3 aromatic rings. The van der Waals surface area contributed by atoms with Gasteiger partial charge >= 0.3 is 0 Å². The van der Waals surface area contributed by atoms with Gasteiger partial charge in [0.05, 0.1) is 17.8 Å². The molecule has 1 aliphatic heterocycles. The molecular formula is C23H26N4S. The van der Waals surface area contributed by atoms with E-state index in [0.717, 1.165) is 22.2 Å². The van der Waals surface area contributed by atoms with Crippen LogP contribution >= 0.6 is 12.2 Å². The van der Waals surface area contributed by atoms with Gasteiger partial charge in [-0.05, 0) is 73.4 Å². The second kappa shape index (κ2) is 7.40. The Labute approximate surface area is 172 Å². The molecule has 1 aliphatic rings. The molecule has 1 fully saturated rings. The van der Waals surface area contributed by atoms with Crippen LogP contribution < -0.4 is 10.2 Å². The molecule has 0 radical (unpaired) electrons. The van der Waals surface area contributed by atoms with Crippen molar-refractivity contribution in [3.63, 3.8) is 0 Å². The third kappa shape index (κ3) is 3.31. The standard InChI is InChI=1S/C23H26N4S/c1-14(2)17-8-10-18(11-9-17)27-22(19-13-15(3)25-16(19)4)21(26-23(27)28)20-7-5-6-12-24-20/h5-14,21-22,25H,1-4H3,(H,26,28). The summed E-state index contributed by atoms with van der Waals surface area (Å²) in [5.41, 5.74) is 6.98. The van der Waals surface area contributed by atoms with Crippen molar-refractivity contribution in [1.82, 2.24) is 15.3 Å². The van der Waals surface area contributed by atoms with Crippen molar-refractivity contribution >= 4 is 23.0 Å². The lowest BCUT2D eigenvalue weighted by Crippen LogP contribution is -2.29. The average Bonchev–Trinajstić information content (AvgIpc) is 3.20. The molecule has 144 valence electrons. The van der Waals surface area contributed by atoms with Crippen LogP contribution in [0.25, 0.3) is 0 Å². The van der Waals surface area contributed by atoms with Crippen molar-refractivity contribution in [2.45, 2.75) is 45.7 Å². The van der Waals surface area contributed by atoms with Crippen molar-refractivity contribution < 1.29 is 0 Å². The van der Waals surface area contributed by atoms with Crippen molar-refractivity contribution in [2.75, 3.05) is 4.90 Å². The molecule has 0 saturated carbocycles. The molecule has 1 aromatic carbocycles. The zero-order valence-corrected chi connectivity index (χ0v) is 17.5. The van der Waals surface area contributed by atoms with Crippen LogP contribution in [0.2, 0.25) is 0 Å². The van der Waals surface area contributed by atoms with Gasteiger partial charge in [-0.15, -0.1) is 0 Å². The number of rotatable bonds is 4. The van der Waals surface area contributed by atoms with Crippen molar-refractivity contribution in [3.05, 3.63) is 82.9 Å². The van der Waals surface area contributed by atoms with Crippen LogP contribution in [0.15, 0.2) is 54.7 Å². The Morgan fingerprint density at radius 3 is 2.39 bits per heavy atom. The lowest BCUT2D eigenvalue weighted by molar-refractivity contribution is 0.566. The predicted molar refractivity (Wildman–Crippen MR) is 119 cm³/mol. The topological polar surface area (TPSA) is 44.0 Å². The van der Waals surface area contributed by atoms with Crippen LogP contribution in [0, 0.1) is 13.8 Å². The Kier molecular flexibility index (Phi) is 4.94. The zero-order chi connectivity index (χ0) is 19.8. The molecule has 0 amide bonds. The number of thiocarbonyl (C=S) groups is 1. The number of H-pyrrole nitrogens is 1. The van der Waals surface area contributed by atoms with Crippen LogP contribution in [0.3, 0.4) is 0 Å². The zero-order valence-electron chi connectivity index (χ0n) is 16.7. The van der Waals surface area contributed by atoms with E-state index >= 15 is 0 Å². The Hall–Kier alpha value is -2.66. The highest BCUT2D eigenvalue weighted by Crippen LogP contribution is 2.42. The van der Waals surface area contributed by atoms with Gasteiger partial charge in [0.25, 0.3) is 0 Å². The lowest BCUT2D eigenvalue weighted by atomic mass is 9.96. The second-order valence-corrected chi connectivity index (χ2v) is 8.16. The fourth-order valence-electron chi connectivity index (χ4n) is 4.02. The Morgan fingerprint density at radius 1 is 1.07 bits per heavy atom. The summed E-state index contributed by atoms with van der Waals surface area (Å²) in [6, 6.07) is 17.0. The number of aromatic amines is 1. The van der Waals surface area contributed by atoms with Crippen LogP contribution in [-0.2, 0) is 0 Å². The van der Waals surface area contributed by atoms with E-state index in [1.54, 1.807) is 0 Å². The third-order valence-electron chi connectivity index (χ3n) is 5.44. The number of hydrogen-bond donors (Lipinski definition) is 2. The van der Waals surface area contributed by atoms with Gasteiger partial charge in [-0.1, -0.05) is 32.0 Å². The maximum Gasteiger partial charge on any atom is 0.174 e. The van der Waals surface area contributed by atoms with Crippen LogP contribution in [0.5, 0.6) is 0 Å². The molecule has 28 heavy (non-hydrogen) atoms. The summed E-state index contributed by atoms with van der Waals surface area (Å²) in [4.78, 5) is 10.3. The minimum atomic E-state index is -0.00706. The Bertz CT molecular complexity index is 976. The van der Waals surface area contributed by atoms with Gasteiger partial charge in [0.15, 0.2) is 5.11 Å². The van der Waals surface area contributed by atoms with E-state index in [4.69, 9.17) is 12.2 Å². The Balaban J connectivity index is 1.81. The number of anilines is 1. The van der Waals surface area contributed by atoms with Crippen LogP contribution in [-0.4, -0.2) is 15.1 Å². The number of nitrogens with one attached hydrogen (secondary N) is 2. The second-order valence-electron chi connectivity index (χ2n) is 7.78. The summed E-state index contributed by atoms with van der Waals surface area (Å²) >= 11 is 5.79. The predicted octanol–water partition coefficient (Wildman–Crippen LogP) is 5.33. The van der Waals surface area contributed by atoms with Crippen LogP contribution in [0.1, 0.15) is 60.1 Å². The highest BCUT2D eigenvalue weighted by Gasteiger charge is 2.41.